The third-order valence-electron chi connectivity index (χ3n) is 17.1. The Balaban J connectivity index is 5.28. The predicted octanol–water partition coefficient (Wildman–Crippen LogP) is 21.3. The van der Waals surface area contributed by atoms with Gasteiger partial charge in [-0.15, -0.1) is 0 Å². The molecule has 94 heavy (non-hydrogen) atoms. The molecule has 0 bridgehead atoms. The van der Waals surface area contributed by atoms with E-state index in [-0.39, 0.29) is 25.7 Å². The Morgan fingerprint density at radius 3 is 0.947 bits per heavy atom. The second-order valence-corrected chi connectivity index (χ2v) is 30.5. The molecule has 0 aromatic heterocycles. The van der Waals surface area contributed by atoms with E-state index in [1.807, 2.05) is 0 Å². The van der Waals surface area contributed by atoms with Crippen LogP contribution >= 0.6 is 15.6 Å². The van der Waals surface area contributed by atoms with Gasteiger partial charge in [-0.1, -0.05) is 304 Å². The Labute approximate surface area is 573 Å². The topological polar surface area (TPSA) is 237 Å². The lowest BCUT2D eigenvalue weighted by Crippen LogP contribution is -2.30. The maximum absolute atomic E-state index is 13.1. The number of phosphoric ester groups is 2. The molecule has 6 atom stereocenters. The lowest BCUT2D eigenvalue weighted by atomic mass is 10.00. The molecule has 0 saturated heterocycles. The predicted molar refractivity (Wildman–Crippen MR) is 381 cm³/mol. The number of rotatable bonds is 71. The normalized spacial score (nSPS) is 14.6. The SMILES string of the molecule is CCCCCC/C=C\C=C/CCCCCCCC(=O)OC[C@H](COP(=O)(O)OC[C@@H](O)COP(=O)(O)OC[C@@H](COC(=O)CCCCCCCCC(C)CC)OC(=O)CCCCCCCCCCC(C)C)OC(=O)CCCCCCCCCCCCCCCCCC(C)C. The number of aliphatic hydroxyl groups excluding tert-OH is 1. The lowest BCUT2D eigenvalue weighted by Gasteiger charge is -2.21. The Morgan fingerprint density at radius 2 is 0.628 bits per heavy atom. The van der Waals surface area contributed by atoms with Gasteiger partial charge in [-0.05, 0) is 69.1 Å². The van der Waals surface area contributed by atoms with Crippen LogP contribution in [0.4, 0.5) is 0 Å². The Morgan fingerprint density at radius 1 is 0.351 bits per heavy atom. The Kier molecular flexibility index (Phi) is 63.5. The van der Waals surface area contributed by atoms with Gasteiger partial charge < -0.3 is 33.8 Å². The average Bonchev–Trinajstić information content (AvgIpc) is 1.38. The van der Waals surface area contributed by atoms with Crippen molar-refractivity contribution < 1.29 is 80.2 Å². The smallest absolute Gasteiger partial charge is 0.462 e. The molecule has 0 aliphatic rings. The van der Waals surface area contributed by atoms with E-state index in [9.17, 15) is 43.2 Å². The van der Waals surface area contributed by atoms with Gasteiger partial charge >= 0.3 is 39.5 Å². The van der Waals surface area contributed by atoms with Crippen LogP contribution in [0, 0.1) is 17.8 Å². The number of hydrogen-bond acceptors (Lipinski definition) is 15. The molecule has 0 radical (unpaired) electrons. The zero-order valence-electron chi connectivity index (χ0n) is 60.9. The first kappa shape index (κ1) is 91.5. The summed E-state index contributed by atoms with van der Waals surface area (Å²) in [5, 5.41) is 10.6. The van der Waals surface area contributed by atoms with Crippen LogP contribution in [-0.2, 0) is 65.4 Å². The Hall–Kier alpha value is -2.46. The molecule has 0 fully saturated rings. The fraction of sp³-hybridized carbons (Fsp3) is 0.893. The van der Waals surface area contributed by atoms with Crippen LogP contribution in [0.15, 0.2) is 24.3 Å². The first-order valence-corrected chi connectivity index (χ1v) is 41.2. The van der Waals surface area contributed by atoms with Crippen molar-refractivity contribution in [3.05, 3.63) is 24.3 Å². The van der Waals surface area contributed by atoms with Crippen LogP contribution in [0.25, 0.3) is 0 Å². The van der Waals surface area contributed by atoms with E-state index in [2.05, 4.69) is 72.8 Å². The molecule has 17 nitrogen and oxygen atoms in total. The van der Waals surface area contributed by atoms with E-state index in [1.54, 1.807) is 0 Å². The summed E-state index contributed by atoms with van der Waals surface area (Å²) in [6.45, 7) is 11.8. The molecular weight excluding hydrogens is 1230 g/mol. The van der Waals surface area contributed by atoms with Crippen LogP contribution in [0.1, 0.15) is 357 Å². The number of carbonyl (C=O) groups excluding carboxylic acids is 4. The van der Waals surface area contributed by atoms with Crippen LogP contribution < -0.4 is 0 Å². The summed E-state index contributed by atoms with van der Waals surface area (Å²) < 4.78 is 68.4. The Bertz CT molecular complexity index is 1930. The highest BCUT2D eigenvalue weighted by atomic mass is 31.2. The third kappa shape index (κ3) is 66.8. The van der Waals surface area contributed by atoms with Crippen molar-refractivity contribution in [1.29, 1.82) is 0 Å². The number of aliphatic hydroxyl groups is 1. The molecule has 3 N–H and O–H groups in total. The maximum atomic E-state index is 13.1. The fourth-order valence-corrected chi connectivity index (χ4v) is 12.4. The molecule has 554 valence electrons. The van der Waals surface area contributed by atoms with Crippen LogP contribution in [-0.4, -0.2) is 96.7 Å². The zero-order valence-corrected chi connectivity index (χ0v) is 62.7. The number of allylic oxidation sites excluding steroid dienone is 4. The van der Waals surface area contributed by atoms with Crippen molar-refractivity contribution in [3.63, 3.8) is 0 Å². The highest BCUT2D eigenvalue weighted by Crippen LogP contribution is 2.45. The molecule has 0 amide bonds. The molecule has 0 aromatic carbocycles. The lowest BCUT2D eigenvalue weighted by molar-refractivity contribution is -0.161. The number of ether oxygens (including phenoxy) is 4. The van der Waals surface area contributed by atoms with Crippen LogP contribution in [0.3, 0.4) is 0 Å². The summed E-state index contributed by atoms with van der Waals surface area (Å²) in [4.78, 5) is 72.7. The van der Waals surface area contributed by atoms with E-state index in [0.717, 1.165) is 127 Å². The van der Waals surface area contributed by atoms with Crippen molar-refractivity contribution in [3.8, 4) is 0 Å². The van der Waals surface area contributed by atoms with Crippen molar-refractivity contribution >= 4 is 39.5 Å². The molecule has 0 aliphatic carbocycles. The van der Waals surface area contributed by atoms with Gasteiger partial charge in [0.2, 0.25) is 0 Å². The minimum atomic E-state index is -4.96. The molecule has 0 aromatic rings. The minimum Gasteiger partial charge on any atom is -0.462 e. The highest BCUT2D eigenvalue weighted by molar-refractivity contribution is 7.47. The quantitative estimate of drug-likeness (QED) is 0.0169. The van der Waals surface area contributed by atoms with E-state index in [1.165, 1.54) is 141 Å². The van der Waals surface area contributed by atoms with Gasteiger partial charge in [0.1, 0.15) is 19.3 Å². The summed E-state index contributed by atoms with van der Waals surface area (Å²) in [7, 11) is -9.92. The number of phosphoric acid groups is 2. The van der Waals surface area contributed by atoms with E-state index >= 15 is 0 Å². The van der Waals surface area contributed by atoms with Gasteiger partial charge in [0.15, 0.2) is 12.2 Å². The summed E-state index contributed by atoms with van der Waals surface area (Å²) in [6.07, 6.45) is 53.6. The highest BCUT2D eigenvalue weighted by Gasteiger charge is 2.30. The van der Waals surface area contributed by atoms with Gasteiger partial charge in [0.05, 0.1) is 26.4 Å². The van der Waals surface area contributed by atoms with E-state index < -0.39 is 97.5 Å². The van der Waals surface area contributed by atoms with Gasteiger partial charge in [-0.2, -0.15) is 0 Å². The molecule has 3 unspecified atom stereocenters. The fourth-order valence-electron chi connectivity index (χ4n) is 10.9. The van der Waals surface area contributed by atoms with Crippen molar-refractivity contribution in [2.75, 3.05) is 39.6 Å². The second-order valence-electron chi connectivity index (χ2n) is 27.5. The van der Waals surface area contributed by atoms with Crippen LogP contribution in [0.2, 0.25) is 0 Å². The molecular formula is C75H142O17P2. The number of unbranched alkanes of at least 4 members (excludes halogenated alkanes) is 35. The first-order chi connectivity index (χ1) is 45.3. The number of esters is 4. The summed E-state index contributed by atoms with van der Waals surface area (Å²) in [5.74, 6) is 0.0936. The zero-order chi connectivity index (χ0) is 69.4. The second kappa shape index (κ2) is 65.2. The average molecular weight is 1380 g/mol. The van der Waals surface area contributed by atoms with Gasteiger partial charge in [-0.3, -0.25) is 37.3 Å². The van der Waals surface area contributed by atoms with Crippen LogP contribution in [0.5, 0.6) is 0 Å². The maximum Gasteiger partial charge on any atom is 0.472 e. The number of carbonyl (C=O) groups is 4. The molecule has 0 spiro atoms. The monoisotopic (exact) mass is 1380 g/mol. The third-order valence-corrected chi connectivity index (χ3v) is 19.0. The minimum absolute atomic E-state index is 0.100. The molecule has 19 heteroatoms. The van der Waals surface area contributed by atoms with Gasteiger partial charge in [0, 0.05) is 25.7 Å². The van der Waals surface area contributed by atoms with Gasteiger partial charge in [-0.25, -0.2) is 9.13 Å². The molecule has 0 saturated carbocycles. The van der Waals surface area contributed by atoms with Crippen molar-refractivity contribution in [1.82, 2.24) is 0 Å². The molecule has 0 aliphatic heterocycles. The standard InChI is InChI=1S/C75H142O17P2/c1-8-10-11-12-13-14-15-16-18-22-25-28-34-42-49-56-72(77)85-62-70(91-74(79)58-51-44-35-29-26-23-20-17-19-21-24-27-32-39-46-53-66(3)4)64-89-93(81,82)87-60-69(76)61-88-94(83,84)90-65-71(63-86-73(78)57-50-43-38-37-41-48-55-68(7)9-2)92-75(80)59-52-45-36-31-30-33-40-47-54-67(5)6/h14-16,18,66-71,76H,8-13,17,19-65H2,1-7H3,(H,81,82)(H,83,84)/b15-14-,18-16-/t68?,69-,70-,71-/m1/s1. The summed E-state index contributed by atoms with van der Waals surface area (Å²) in [6, 6.07) is 0. The van der Waals surface area contributed by atoms with E-state index in [4.69, 9.17) is 37.0 Å². The van der Waals surface area contributed by atoms with Crippen molar-refractivity contribution in [2.24, 2.45) is 17.8 Å². The number of hydrogen-bond donors (Lipinski definition) is 3. The van der Waals surface area contributed by atoms with Gasteiger partial charge in [0.25, 0.3) is 0 Å². The summed E-state index contributed by atoms with van der Waals surface area (Å²) in [5.41, 5.74) is 0. The van der Waals surface area contributed by atoms with E-state index in [0.29, 0.717) is 31.6 Å². The molecule has 0 heterocycles. The first-order valence-electron chi connectivity index (χ1n) is 38.2. The van der Waals surface area contributed by atoms with Crippen molar-refractivity contribution in [2.45, 2.75) is 375 Å². The summed E-state index contributed by atoms with van der Waals surface area (Å²) >= 11 is 0. The largest absolute Gasteiger partial charge is 0.472 e. The molecule has 0 rings (SSSR count).